The Hall–Kier alpha value is -2.60. The quantitative estimate of drug-likeness (QED) is 0.722. The van der Waals surface area contributed by atoms with Crippen LogP contribution in [0.5, 0.6) is 5.75 Å². The summed E-state index contributed by atoms with van der Waals surface area (Å²) in [6, 6.07) is 14.0. The summed E-state index contributed by atoms with van der Waals surface area (Å²) in [7, 11) is 0. The predicted molar refractivity (Wildman–Crippen MR) is 104 cm³/mol. The number of nitrogens with one attached hydrogen (secondary N) is 1. The Morgan fingerprint density at radius 1 is 1.21 bits per heavy atom. The second-order valence-corrected chi connectivity index (χ2v) is 7.90. The molecule has 1 unspecified atom stereocenters. The van der Waals surface area contributed by atoms with Gasteiger partial charge < -0.3 is 19.5 Å². The van der Waals surface area contributed by atoms with Crippen molar-refractivity contribution in [2.75, 3.05) is 6.61 Å². The molecule has 1 amide bonds. The number of halogens is 1. The smallest absolute Gasteiger partial charge is 0.407 e. The van der Waals surface area contributed by atoms with Gasteiger partial charge in [-0.05, 0) is 50.5 Å². The molecule has 5 nitrogen and oxygen atoms in total. The maximum Gasteiger partial charge on any atom is 0.407 e. The maximum atomic E-state index is 14.1. The van der Waals surface area contributed by atoms with Gasteiger partial charge in [-0.3, -0.25) is 0 Å². The van der Waals surface area contributed by atoms with E-state index in [0.29, 0.717) is 25.4 Å². The molecule has 6 heteroatoms. The topological polar surface area (TPSA) is 60.1 Å². The highest BCUT2D eigenvalue weighted by Gasteiger charge is 2.35. The zero-order valence-corrected chi connectivity index (χ0v) is 16.4. The molecule has 2 aromatic rings. The molecule has 150 valence electrons. The van der Waals surface area contributed by atoms with E-state index in [9.17, 15) is 9.18 Å². The molecule has 3 rings (SSSR count). The van der Waals surface area contributed by atoms with E-state index in [1.807, 2.05) is 30.3 Å². The SMILES string of the molecule is CC(C)(C)OC(=O)N[C@@H](Cc1cc(F)cc(OCc2ccccc2)c1)C1CO1. The first-order chi connectivity index (χ1) is 13.3. The summed E-state index contributed by atoms with van der Waals surface area (Å²) in [5.41, 5.74) is 1.14. The van der Waals surface area contributed by atoms with E-state index in [-0.39, 0.29) is 18.0 Å². The van der Waals surface area contributed by atoms with Gasteiger partial charge in [0.25, 0.3) is 0 Å². The van der Waals surface area contributed by atoms with E-state index in [2.05, 4.69) is 5.32 Å². The number of amides is 1. The summed E-state index contributed by atoms with van der Waals surface area (Å²) in [5.74, 6) is 0.0693. The van der Waals surface area contributed by atoms with Crippen molar-refractivity contribution in [1.82, 2.24) is 5.32 Å². The molecule has 0 bridgehead atoms. The molecule has 1 N–H and O–H groups in total. The molecule has 0 radical (unpaired) electrons. The van der Waals surface area contributed by atoms with Gasteiger partial charge in [0, 0.05) is 6.07 Å². The Morgan fingerprint density at radius 3 is 2.57 bits per heavy atom. The van der Waals surface area contributed by atoms with Crippen molar-refractivity contribution in [2.24, 2.45) is 0 Å². The van der Waals surface area contributed by atoms with E-state index >= 15 is 0 Å². The largest absolute Gasteiger partial charge is 0.489 e. The van der Waals surface area contributed by atoms with Crippen LogP contribution in [0, 0.1) is 5.82 Å². The highest BCUT2D eigenvalue weighted by Crippen LogP contribution is 2.23. The number of hydrogen-bond donors (Lipinski definition) is 1. The van der Waals surface area contributed by atoms with Crippen molar-refractivity contribution in [3.8, 4) is 5.75 Å². The van der Waals surface area contributed by atoms with E-state index in [0.717, 1.165) is 11.1 Å². The third-order valence-electron chi connectivity index (χ3n) is 4.15. The van der Waals surface area contributed by atoms with Crippen molar-refractivity contribution in [3.05, 3.63) is 65.5 Å². The minimum atomic E-state index is -0.587. The summed E-state index contributed by atoms with van der Waals surface area (Å²) < 4.78 is 30.5. The lowest BCUT2D eigenvalue weighted by Crippen LogP contribution is -2.43. The number of rotatable bonds is 7. The van der Waals surface area contributed by atoms with Gasteiger partial charge in [0.15, 0.2) is 0 Å². The highest BCUT2D eigenvalue weighted by molar-refractivity contribution is 5.68. The van der Waals surface area contributed by atoms with Crippen LogP contribution in [0.15, 0.2) is 48.5 Å². The third kappa shape index (κ3) is 6.53. The summed E-state index contributed by atoms with van der Waals surface area (Å²) in [6.45, 7) is 6.33. The van der Waals surface area contributed by atoms with Crippen LogP contribution in [0.4, 0.5) is 9.18 Å². The van der Waals surface area contributed by atoms with Crippen LogP contribution in [0.25, 0.3) is 0 Å². The van der Waals surface area contributed by atoms with Crippen LogP contribution in [-0.4, -0.2) is 30.4 Å². The van der Waals surface area contributed by atoms with Crippen LogP contribution in [0.1, 0.15) is 31.9 Å². The molecule has 1 aliphatic heterocycles. The summed E-state index contributed by atoms with van der Waals surface area (Å²) in [5, 5.41) is 2.83. The summed E-state index contributed by atoms with van der Waals surface area (Å²) in [6.07, 6.45) is -0.182. The number of carbonyl (C=O) groups excluding carboxylic acids is 1. The third-order valence-corrected chi connectivity index (χ3v) is 4.15. The molecular weight excluding hydrogens is 361 g/mol. The number of epoxide rings is 1. The van der Waals surface area contributed by atoms with E-state index in [1.54, 1.807) is 26.8 Å². The average Bonchev–Trinajstić information content (AvgIpc) is 3.43. The monoisotopic (exact) mass is 387 g/mol. The highest BCUT2D eigenvalue weighted by atomic mass is 19.1. The van der Waals surface area contributed by atoms with Gasteiger partial charge in [-0.15, -0.1) is 0 Å². The molecule has 1 fully saturated rings. The van der Waals surface area contributed by atoms with Crippen LogP contribution >= 0.6 is 0 Å². The van der Waals surface area contributed by atoms with Gasteiger partial charge >= 0.3 is 6.09 Å². The van der Waals surface area contributed by atoms with E-state index in [4.69, 9.17) is 14.2 Å². The molecular formula is C22H26FNO4. The number of ether oxygens (including phenoxy) is 3. The summed E-state index contributed by atoms with van der Waals surface area (Å²) >= 11 is 0. The summed E-state index contributed by atoms with van der Waals surface area (Å²) in [4.78, 5) is 12.1. The fraction of sp³-hybridized carbons (Fsp3) is 0.409. The zero-order valence-electron chi connectivity index (χ0n) is 16.4. The van der Waals surface area contributed by atoms with Gasteiger partial charge in [-0.25, -0.2) is 9.18 Å². The van der Waals surface area contributed by atoms with Gasteiger partial charge in [-0.2, -0.15) is 0 Å². The zero-order chi connectivity index (χ0) is 20.1. The fourth-order valence-corrected chi connectivity index (χ4v) is 2.84. The number of alkyl carbamates (subject to hydrolysis) is 1. The second kappa shape index (κ2) is 8.61. The molecule has 0 aliphatic carbocycles. The van der Waals surface area contributed by atoms with Gasteiger partial charge in [-0.1, -0.05) is 30.3 Å². The normalized spacial score (nSPS) is 16.9. The van der Waals surface area contributed by atoms with Gasteiger partial charge in [0.05, 0.1) is 12.6 Å². The van der Waals surface area contributed by atoms with Crippen molar-refractivity contribution in [2.45, 2.75) is 51.5 Å². The van der Waals surface area contributed by atoms with Crippen molar-refractivity contribution in [1.29, 1.82) is 0 Å². The van der Waals surface area contributed by atoms with E-state index in [1.165, 1.54) is 12.1 Å². The van der Waals surface area contributed by atoms with E-state index < -0.39 is 11.7 Å². The minimum absolute atomic E-state index is 0.0931. The molecule has 2 aromatic carbocycles. The Kier molecular flexibility index (Phi) is 6.19. The molecule has 1 aliphatic rings. The Labute approximate surface area is 164 Å². The van der Waals surface area contributed by atoms with Crippen molar-refractivity contribution < 1.29 is 23.4 Å². The maximum absolute atomic E-state index is 14.1. The Morgan fingerprint density at radius 2 is 1.93 bits per heavy atom. The van der Waals surface area contributed by atoms with Gasteiger partial charge in [0.2, 0.25) is 0 Å². The minimum Gasteiger partial charge on any atom is -0.489 e. The van der Waals surface area contributed by atoms with Gasteiger partial charge in [0.1, 0.15) is 29.9 Å². The van der Waals surface area contributed by atoms with Crippen molar-refractivity contribution in [3.63, 3.8) is 0 Å². The Balaban J connectivity index is 1.64. The molecule has 1 saturated heterocycles. The molecule has 28 heavy (non-hydrogen) atoms. The predicted octanol–water partition coefficient (Wildman–Crippen LogP) is 4.24. The first-order valence-electron chi connectivity index (χ1n) is 9.36. The Bertz CT molecular complexity index is 800. The fourth-order valence-electron chi connectivity index (χ4n) is 2.84. The number of carbonyl (C=O) groups is 1. The first-order valence-corrected chi connectivity index (χ1v) is 9.36. The average molecular weight is 387 g/mol. The molecule has 0 aromatic heterocycles. The molecule has 1 heterocycles. The lowest BCUT2D eigenvalue weighted by atomic mass is 10.0. The van der Waals surface area contributed by atoms with Crippen LogP contribution in [0.2, 0.25) is 0 Å². The second-order valence-electron chi connectivity index (χ2n) is 7.90. The van der Waals surface area contributed by atoms with Crippen LogP contribution in [0.3, 0.4) is 0 Å². The first kappa shape index (κ1) is 20.1. The lowest BCUT2D eigenvalue weighted by Gasteiger charge is -2.23. The van der Waals surface area contributed by atoms with Crippen LogP contribution < -0.4 is 10.1 Å². The van der Waals surface area contributed by atoms with Crippen molar-refractivity contribution >= 4 is 6.09 Å². The number of hydrogen-bond acceptors (Lipinski definition) is 4. The molecule has 0 saturated carbocycles. The molecule has 2 atom stereocenters. The van der Waals surface area contributed by atoms with Crippen LogP contribution in [-0.2, 0) is 22.5 Å². The number of benzene rings is 2. The lowest BCUT2D eigenvalue weighted by molar-refractivity contribution is 0.0495. The molecule has 0 spiro atoms. The standard InChI is InChI=1S/C22H26FNO4/c1-22(2,3)28-21(25)24-19(20-14-27-20)11-16-9-17(23)12-18(10-16)26-13-15-7-5-4-6-8-15/h4-10,12,19-20H,11,13-14H2,1-3H3,(H,24,25)/t19-,20?/m0/s1.